The highest BCUT2D eigenvalue weighted by molar-refractivity contribution is 5.85. The molecular formula is C9H11NO3. The number of aliphatic carboxylic acids is 1. The molecule has 2 rings (SSSR count). The average molecular weight is 181 g/mol. The molecule has 0 spiro atoms. The molecule has 0 heterocycles. The minimum atomic E-state index is -0.902. The van der Waals surface area contributed by atoms with Crippen LogP contribution in [-0.4, -0.2) is 17.0 Å². The first-order valence-electron chi connectivity index (χ1n) is 4.31. The summed E-state index contributed by atoms with van der Waals surface area (Å²) in [6, 6.07) is 0. The fourth-order valence-electron chi connectivity index (χ4n) is 2.55. The third kappa shape index (κ3) is 1.05. The summed E-state index contributed by atoms with van der Waals surface area (Å²) in [5.74, 6) is -2.39. The predicted octanol–water partition coefficient (Wildman–Crippen LogP) is -0.00540. The Morgan fingerprint density at radius 1 is 1.23 bits per heavy atom. The van der Waals surface area contributed by atoms with Gasteiger partial charge in [-0.15, -0.1) is 0 Å². The minimum absolute atomic E-state index is 0.0139. The quantitative estimate of drug-likeness (QED) is 0.588. The Morgan fingerprint density at radius 3 is 2.15 bits per heavy atom. The molecule has 2 bridgehead atoms. The zero-order valence-electron chi connectivity index (χ0n) is 7.01. The molecule has 4 atom stereocenters. The summed E-state index contributed by atoms with van der Waals surface area (Å²) >= 11 is 0. The zero-order valence-corrected chi connectivity index (χ0v) is 7.01. The third-order valence-corrected chi connectivity index (χ3v) is 3.07. The number of carboxylic acid groups (broad SMARTS) is 1. The van der Waals surface area contributed by atoms with Crippen molar-refractivity contribution in [1.29, 1.82) is 0 Å². The molecule has 3 N–H and O–H groups in total. The number of hydrogen-bond acceptors (Lipinski definition) is 2. The summed E-state index contributed by atoms with van der Waals surface area (Å²) in [5.41, 5.74) is 5.18. The van der Waals surface area contributed by atoms with Gasteiger partial charge >= 0.3 is 5.97 Å². The number of allylic oxidation sites excluding steroid dienone is 2. The molecule has 1 saturated carbocycles. The van der Waals surface area contributed by atoms with E-state index in [1.165, 1.54) is 0 Å². The second-order valence-corrected chi connectivity index (χ2v) is 3.74. The Labute approximate surface area is 75.4 Å². The van der Waals surface area contributed by atoms with Crippen LogP contribution in [0.3, 0.4) is 0 Å². The van der Waals surface area contributed by atoms with Gasteiger partial charge in [0.05, 0.1) is 11.8 Å². The number of primary amides is 1. The van der Waals surface area contributed by atoms with Gasteiger partial charge in [0, 0.05) is 0 Å². The first kappa shape index (κ1) is 8.29. The van der Waals surface area contributed by atoms with Gasteiger partial charge < -0.3 is 10.8 Å². The van der Waals surface area contributed by atoms with Gasteiger partial charge in [0.25, 0.3) is 0 Å². The Hall–Kier alpha value is -1.32. The van der Waals surface area contributed by atoms with Gasteiger partial charge in [0.2, 0.25) is 5.91 Å². The number of amides is 1. The van der Waals surface area contributed by atoms with Crippen LogP contribution < -0.4 is 5.73 Å². The summed E-state index contributed by atoms with van der Waals surface area (Å²) in [6.45, 7) is 0. The van der Waals surface area contributed by atoms with Crippen molar-refractivity contribution in [1.82, 2.24) is 0 Å². The van der Waals surface area contributed by atoms with E-state index in [2.05, 4.69) is 0 Å². The molecule has 0 radical (unpaired) electrons. The van der Waals surface area contributed by atoms with Crippen molar-refractivity contribution in [2.75, 3.05) is 0 Å². The summed E-state index contributed by atoms with van der Waals surface area (Å²) < 4.78 is 0. The molecule has 13 heavy (non-hydrogen) atoms. The van der Waals surface area contributed by atoms with Gasteiger partial charge in [0.1, 0.15) is 0 Å². The Balaban J connectivity index is 2.30. The van der Waals surface area contributed by atoms with Gasteiger partial charge in [-0.05, 0) is 18.3 Å². The highest BCUT2D eigenvalue weighted by Gasteiger charge is 2.50. The molecule has 1 fully saturated rings. The van der Waals surface area contributed by atoms with Gasteiger partial charge in [0.15, 0.2) is 0 Å². The van der Waals surface area contributed by atoms with Crippen LogP contribution in [0.1, 0.15) is 6.42 Å². The summed E-state index contributed by atoms with van der Waals surface area (Å²) in [4.78, 5) is 21.9. The highest BCUT2D eigenvalue weighted by atomic mass is 16.4. The van der Waals surface area contributed by atoms with Crippen LogP contribution in [0.25, 0.3) is 0 Å². The molecule has 4 nitrogen and oxygen atoms in total. The molecule has 0 aromatic carbocycles. The topological polar surface area (TPSA) is 80.4 Å². The number of nitrogens with two attached hydrogens (primary N) is 1. The number of hydrogen-bond donors (Lipinski definition) is 2. The predicted molar refractivity (Wildman–Crippen MR) is 44.5 cm³/mol. The maximum absolute atomic E-state index is 11.0. The molecule has 0 aromatic rings. The van der Waals surface area contributed by atoms with E-state index >= 15 is 0 Å². The minimum Gasteiger partial charge on any atom is -0.481 e. The van der Waals surface area contributed by atoms with Crippen LogP contribution in [0, 0.1) is 23.7 Å². The summed E-state index contributed by atoms with van der Waals surface area (Å²) in [6.07, 6.45) is 4.58. The van der Waals surface area contributed by atoms with Crippen LogP contribution >= 0.6 is 0 Å². The van der Waals surface area contributed by atoms with Crippen LogP contribution in [0.2, 0.25) is 0 Å². The number of carbonyl (C=O) groups excluding carboxylic acids is 1. The monoisotopic (exact) mass is 181 g/mol. The molecular weight excluding hydrogens is 170 g/mol. The Kier molecular flexibility index (Phi) is 1.65. The van der Waals surface area contributed by atoms with Crippen molar-refractivity contribution in [3.05, 3.63) is 12.2 Å². The summed E-state index contributed by atoms with van der Waals surface area (Å²) in [5, 5.41) is 8.91. The molecule has 1 amide bonds. The van der Waals surface area contributed by atoms with Crippen molar-refractivity contribution in [3.8, 4) is 0 Å². The molecule has 2 aliphatic carbocycles. The van der Waals surface area contributed by atoms with Crippen molar-refractivity contribution >= 4 is 11.9 Å². The maximum Gasteiger partial charge on any atom is 0.307 e. The van der Waals surface area contributed by atoms with Crippen LogP contribution in [0.4, 0.5) is 0 Å². The van der Waals surface area contributed by atoms with Crippen LogP contribution in [-0.2, 0) is 9.59 Å². The standard InChI is InChI=1S/C9H11NO3/c10-8(11)6-4-1-2-5(3-4)7(6)9(12)13/h1-2,4-7H,3H2,(H2,10,11)(H,12,13)/t4-,5-,6-,7-/m0/s1. The van der Waals surface area contributed by atoms with Crippen LogP contribution in [0.15, 0.2) is 12.2 Å². The second kappa shape index (κ2) is 2.58. The van der Waals surface area contributed by atoms with Gasteiger partial charge in [-0.3, -0.25) is 9.59 Å². The summed E-state index contributed by atoms with van der Waals surface area (Å²) in [7, 11) is 0. The first-order valence-corrected chi connectivity index (χ1v) is 4.31. The fraction of sp³-hybridized carbons (Fsp3) is 0.556. The zero-order chi connectivity index (χ0) is 9.59. The molecule has 0 aliphatic heterocycles. The largest absolute Gasteiger partial charge is 0.481 e. The number of fused-ring (bicyclic) bond motifs is 2. The number of carboxylic acids is 1. The van der Waals surface area contributed by atoms with Crippen molar-refractivity contribution in [2.45, 2.75) is 6.42 Å². The van der Waals surface area contributed by atoms with E-state index in [4.69, 9.17) is 10.8 Å². The first-order chi connectivity index (χ1) is 6.11. The third-order valence-electron chi connectivity index (χ3n) is 3.07. The van der Waals surface area contributed by atoms with E-state index in [9.17, 15) is 9.59 Å². The second-order valence-electron chi connectivity index (χ2n) is 3.74. The Bertz CT molecular complexity index is 269. The number of rotatable bonds is 2. The molecule has 2 aliphatic rings. The lowest BCUT2D eigenvalue weighted by Gasteiger charge is -2.21. The molecule has 0 aromatic heterocycles. The normalized spacial score (nSPS) is 40.9. The molecule has 0 unspecified atom stereocenters. The Morgan fingerprint density at radius 2 is 1.77 bits per heavy atom. The molecule has 4 heteroatoms. The maximum atomic E-state index is 11.0. The smallest absolute Gasteiger partial charge is 0.307 e. The fourth-order valence-corrected chi connectivity index (χ4v) is 2.55. The van der Waals surface area contributed by atoms with E-state index in [1.54, 1.807) is 0 Å². The number of carbonyl (C=O) groups is 2. The van der Waals surface area contributed by atoms with Crippen molar-refractivity contribution < 1.29 is 14.7 Å². The molecule has 70 valence electrons. The van der Waals surface area contributed by atoms with Crippen molar-refractivity contribution in [2.24, 2.45) is 29.4 Å². The average Bonchev–Trinajstić information content (AvgIpc) is 2.60. The van der Waals surface area contributed by atoms with E-state index in [0.29, 0.717) is 0 Å². The van der Waals surface area contributed by atoms with Gasteiger partial charge in [-0.2, -0.15) is 0 Å². The van der Waals surface area contributed by atoms with E-state index in [1.807, 2.05) is 12.2 Å². The van der Waals surface area contributed by atoms with E-state index in [0.717, 1.165) is 6.42 Å². The van der Waals surface area contributed by atoms with Crippen LogP contribution in [0.5, 0.6) is 0 Å². The van der Waals surface area contributed by atoms with Gasteiger partial charge in [-0.1, -0.05) is 12.2 Å². The van der Waals surface area contributed by atoms with Crippen molar-refractivity contribution in [3.63, 3.8) is 0 Å². The SMILES string of the molecule is NC(=O)[C@@H]1[C@@H](C(=O)O)[C@H]2C=C[C@H]1C2. The highest BCUT2D eigenvalue weighted by Crippen LogP contribution is 2.47. The lowest BCUT2D eigenvalue weighted by molar-refractivity contribution is -0.147. The van der Waals surface area contributed by atoms with E-state index < -0.39 is 23.7 Å². The molecule has 0 saturated heterocycles. The van der Waals surface area contributed by atoms with Gasteiger partial charge in [-0.25, -0.2) is 0 Å². The lowest BCUT2D eigenvalue weighted by Crippen LogP contribution is -2.36. The lowest BCUT2D eigenvalue weighted by atomic mass is 9.83. The van der Waals surface area contributed by atoms with E-state index in [-0.39, 0.29) is 11.8 Å².